The van der Waals surface area contributed by atoms with E-state index in [9.17, 15) is 8.92 Å². The van der Waals surface area contributed by atoms with Crippen molar-refractivity contribution in [3.05, 3.63) is 12.3 Å². The molecule has 0 aromatic rings. The number of hydrogen-bond donors (Lipinski definition) is 0. The monoisotopic (exact) mass is 122 g/mol. The van der Waals surface area contributed by atoms with Crippen LogP contribution in [0.15, 0.2) is 12.3 Å². The summed E-state index contributed by atoms with van der Waals surface area (Å²) in [6.07, 6.45) is 0. The molecule has 48 valence electrons. The van der Waals surface area contributed by atoms with E-state index in [1.165, 1.54) is 0 Å². The third-order valence-electron chi connectivity index (χ3n) is 0.756. The number of hydrogen-bond acceptors (Lipinski definition) is 1. The SMILES string of the molecule is C=C(OF)C(C)(C)F. The van der Waals surface area contributed by atoms with Crippen LogP contribution in [-0.2, 0) is 4.94 Å². The minimum absolute atomic E-state index is 0.502. The second-order valence-corrected chi connectivity index (χ2v) is 1.97. The second-order valence-electron chi connectivity index (χ2n) is 1.97. The predicted molar refractivity (Wildman–Crippen MR) is 26.5 cm³/mol. The summed E-state index contributed by atoms with van der Waals surface area (Å²) in [6.45, 7) is 5.30. The molecule has 0 saturated heterocycles. The molecule has 0 fully saturated rings. The molecular formula is C5H8F2O. The normalized spacial score (nSPS) is 11.0. The molecular weight excluding hydrogens is 114 g/mol. The minimum Gasteiger partial charge on any atom is -0.296 e. The smallest absolute Gasteiger partial charge is 0.178 e. The van der Waals surface area contributed by atoms with Crippen LogP contribution in [0.4, 0.5) is 8.92 Å². The van der Waals surface area contributed by atoms with Crippen molar-refractivity contribution in [3.63, 3.8) is 0 Å². The van der Waals surface area contributed by atoms with Gasteiger partial charge in [-0.1, -0.05) is 6.58 Å². The van der Waals surface area contributed by atoms with E-state index in [1.54, 1.807) is 0 Å². The third kappa shape index (κ3) is 1.91. The van der Waals surface area contributed by atoms with E-state index in [2.05, 4.69) is 11.5 Å². The van der Waals surface area contributed by atoms with Crippen molar-refractivity contribution >= 4 is 0 Å². The maximum atomic E-state index is 12.3. The summed E-state index contributed by atoms with van der Waals surface area (Å²) < 4.78 is 23.4. The molecule has 0 aromatic heterocycles. The standard InChI is InChI=1S/C5H8F2O/c1-4(8-7)5(2,3)6/h1H2,2-3H3. The van der Waals surface area contributed by atoms with Gasteiger partial charge in [-0.25, -0.2) is 4.39 Å². The first-order valence-electron chi connectivity index (χ1n) is 2.15. The minimum atomic E-state index is -1.78. The van der Waals surface area contributed by atoms with Crippen molar-refractivity contribution in [1.82, 2.24) is 0 Å². The molecule has 0 rings (SSSR count). The molecule has 0 unspecified atom stereocenters. The highest BCUT2D eigenvalue weighted by Gasteiger charge is 2.22. The fourth-order valence-corrected chi connectivity index (χ4v) is 0.0917. The first-order chi connectivity index (χ1) is 3.48. The zero-order valence-electron chi connectivity index (χ0n) is 4.87. The van der Waals surface area contributed by atoms with Crippen molar-refractivity contribution in [2.45, 2.75) is 19.5 Å². The lowest BCUT2D eigenvalue weighted by Gasteiger charge is -2.10. The summed E-state index contributed by atoms with van der Waals surface area (Å²) in [5.41, 5.74) is -1.78. The number of alkyl halides is 1. The molecule has 1 nitrogen and oxygen atoms in total. The molecule has 0 atom stereocenters. The van der Waals surface area contributed by atoms with Crippen LogP contribution in [0.2, 0.25) is 0 Å². The Balaban J connectivity index is 3.82. The molecule has 3 heteroatoms. The maximum absolute atomic E-state index is 12.3. The molecule has 0 bridgehead atoms. The highest BCUT2D eigenvalue weighted by Crippen LogP contribution is 2.19. The fraction of sp³-hybridized carbons (Fsp3) is 0.600. The van der Waals surface area contributed by atoms with Gasteiger partial charge in [0.2, 0.25) is 0 Å². The molecule has 0 amide bonds. The van der Waals surface area contributed by atoms with Gasteiger partial charge in [-0.3, -0.25) is 4.94 Å². The third-order valence-corrected chi connectivity index (χ3v) is 0.756. The van der Waals surface area contributed by atoms with E-state index in [0.29, 0.717) is 0 Å². The number of allylic oxidation sites excluding steroid dienone is 1. The average Bonchev–Trinajstić information content (AvgIpc) is 1.62. The quantitative estimate of drug-likeness (QED) is 0.510. The topological polar surface area (TPSA) is 9.23 Å². The Bertz CT molecular complexity index is 93.1. The van der Waals surface area contributed by atoms with E-state index in [-0.39, 0.29) is 0 Å². The average molecular weight is 122 g/mol. The van der Waals surface area contributed by atoms with Gasteiger partial charge in [0.1, 0.15) is 0 Å². The zero-order valence-corrected chi connectivity index (χ0v) is 4.87. The maximum Gasteiger partial charge on any atom is 0.178 e. The molecule has 0 saturated carbocycles. The number of halogens is 2. The van der Waals surface area contributed by atoms with Gasteiger partial charge in [0.15, 0.2) is 11.4 Å². The van der Waals surface area contributed by atoms with E-state index in [4.69, 9.17) is 0 Å². The molecule has 0 radical (unpaired) electrons. The van der Waals surface area contributed by atoms with Crippen molar-refractivity contribution < 1.29 is 13.9 Å². The fourth-order valence-electron chi connectivity index (χ4n) is 0.0917. The van der Waals surface area contributed by atoms with Gasteiger partial charge >= 0.3 is 0 Å². The van der Waals surface area contributed by atoms with E-state index < -0.39 is 11.4 Å². The Morgan fingerprint density at radius 3 is 2.00 bits per heavy atom. The second kappa shape index (κ2) is 2.11. The van der Waals surface area contributed by atoms with E-state index in [0.717, 1.165) is 13.8 Å². The molecule has 0 aliphatic carbocycles. The van der Waals surface area contributed by atoms with Crippen molar-refractivity contribution in [2.24, 2.45) is 0 Å². The summed E-state index contributed by atoms with van der Waals surface area (Å²) in [7, 11) is 0. The highest BCUT2D eigenvalue weighted by molar-refractivity contribution is 4.98. The first kappa shape index (κ1) is 7.40. The van der Waals surface area contributed by atoms with Crippen LogP contribution in [0, 0.1) is 0 Å². The predicted octanol–water partition coefficient (Wildman–Crippen LogP) is 2.15. The number of rotatable bonds is 2. The lowest BCUT2D eigenvalue weighted by atomic mass is 10.1. The molecule has 0 aromatic carbocycles. The van der Waals surface area contributed by atoms with Crippen LogP contribution < -0.4 is 0 Å². The van der Waals surface area contributed by atoms with Crippen LogP contribution in [0.3, 0.4) is 0 Å². The van der Waals surface area contributed by atoms with Crippen LogP contribution >= 0.6 is 0 Å². The Kier molecular flexibility index (Phi) is 1.95. The highest BCUT2D eigenvalue weighted by atomic mass is 19.3. The summed E-state index contributed by atoms with van der Waals surface area (Å²) >= 11 is 0. The zero-order chi connectivity index (χ0) is 6.78. The first-order valence-corrected chi connectivity index (χ1v) is 2.15. The molecule has 0 heterocycles. The van der Waals surface area contributed by atoms with E-state index in [1.807, 2.05) is 0 Å². The molecule has 8 heavy (non-hydrogen) atoms. The Morgan fingerprint density at radius 2 is 2.00 bits per heavy atom. The van der Waals surface area contributed by atoms with Crippen LogP contribution in [-0.4, -0.2) is 5.67 Å². The Morgan fingerprint density at radius 1 is 1.62 bits per heavy atom. The van der Waals surface area contributed by atoms with Crippen LogP contribution in [0.1, 0.15) is 13.8 Å². The van der Waals surface area contributed by atoms with Gasteiger partial charge in [-0.05, 0) is 13.8 Å². The molecule has 0 N–H and O–H groups in total. The van der Waals surface area contributed by atoms with Crippen molar-refractivity contribution in [1.29, 1.82) is 0 Å². The van der Waals surface area contributed by atoms with Gasteiger partial charge in [0.05, 0.1) is 0 Å². The molecule has 0 aliphatic heterocycles. The molecule has 0 aliphatic rings. The van der Waals surface area contributed by atoms with Crippen molar-refractivity contribution in [2.75, 3.05) is 0 Å². The van der Waals surface area contributed by atoms with Gasteiger partial charge < -0.3 is 0 Å². The van der Waals surface area contributed by atoms with Gasteiger partial charge in [0, 0.05) is 4.53 Å². The van der Waals surface area contributed by atoms with Gasteiger partial charge in [-0.15, -0.1) is 0 Å². The Labute approximate surface area is 46.9 Å². The van der Waals surface area contributed by atoms with Gasteiger partial charge in [0.25, 0.3) is 0 Å². The molecule has 0 spiro atoms. The summed E-state index contributed by atoms with van der Waals surface area (Å²) in [6, 6.07) is 0. The summed E-state index contributed by atoms with van der Waals surface area (Å²) in [5.74, 6) is -0.502. The summed E-state index contributed by atoms with van der Waals surface area (Å²) in [4.78, 5) is 3.05. The van der Waals surface area contributed by atoms with Crippen LogP contribution in [0.5, 0.6) is 0 Å². The lowest BCUT2D eigenvalue weighted by Crippen LogP contribution is -2.14. The van der Waals surface area contributed by atoms with Crippen LogP contribution in [0.25, 0.3) is 0 Å². The largest absolute Gasteiger partial charge is 0.296 e. The summed E-state index contributed by atoms with van der Waals surface area (Å²) in [5, 5.41) is 0. The van der Waals surface area contributed by atoms with Crippen molar-refractivity contribution in [3.8, 4) is 0 Å². The Hall–Kier alpha value is -0.600. The van der Waals surface area contributed by atoms with E-state index >= 15 is 0 Å². The van der Waals surface area contributed by atoms with Gasteiger partial charge in [-0.2, -0.15) is 0 Å². The lowest BCUT2D eigenvalue weighted by molar-refractivity contribution is -0.109.